The smallest absolute Gasteiger partial charge is 0.320 e. The van der Waals surface area contributed by atoms with E-state index in [-0.39, 0.29) is 27.4 Å². The predicted octanol–water partition coefficient (Wildman–Crippen LogP) is 2.72. The fourth-order valence-electron chi connectivity index (χ4n) is 2.22. The first-order valence-corrected chi connectivity index (χ1v) is 9.31. The van der Waals surface area contributed by atoms with Gasteiger partial charge in [0.15, 0.2) is 5.65 Å². The number of nitrogens with two attached hydrogens (primary N) is 1. The van der Waals surface area contributed by atoms with Crippen LogP contribution in [0.25, 0.3) is 16.8 Å². The Morgan fingerprint density at radius 2 is 1.84 bits per heavy atom. The summed E-state index contributed by atoms with van der Waals surface area (Å²) in [5.41, 5.74) is 1.33. The maximum atomic E-state index is 11.6. The fourth-order valence-corrected chi connectivity index (χ4v) is 3.44. The molecule has 0 aliphatic carbocycles. The van der Waals surface area contributed by atoms with Crippen molar-refractivity contribution < 1.29 is 13.2 Å². The fraction of sp³-hybridized carbons (Fsp3) is 0.154. The third kappa shape index (κ3) is 3.02. The largest absolute Gasteiger partial charge is 0.467 e. The van der Waals surface area contributed by atoms with E-state index in [1.807, 2.05) is 0 Å². The molecule has 0 radical (unpaired) electrons. The highest BCUT2D eigenvalue weighted by molar-refractivity contribution is 7.89. The number of rotatable bonds is 3. The Balaban J connectivity index is 2.51. The predicted molar refractivity (Wildman–Crippen MR) is 93.9 cm³/mol. The van der Waals surface area contributed by atoms with Crippen LogP contribution in [-0.2, 0) is 10.0 Å². The van der Waals surface area contributed by atoms with Gasteiger partial charge in [-0.3, -0.25) is 0 Å². The van der Waals surface area contributed by atoms with Gasteiger partial charge in [-0.25, -0.2) is 13.6 Å². The lowest BCUT2D eigenvalue weighted by atomic mass is 10.1. The summed E-state index contributed by atoms with van der Waals surface area (Å²) in [6.07, 6.45) is 0. The number of methoxy groups -OCH3 is 1. The highest BCUT2D eigenvalue weighted by Crippen LogP contribution is 2.42. The molecule has 0 aliphatic rings. The summed E-state index contributed by atoms with van der Waals surface area (Å²) in [6.45, 7) is 1.78. The Bertz CT molecular complexity index is 1110. The lowest BCUT2D eigenvalue weighted by molar-refractivity contribution is 0.366. The van der Waals surface area contributed by atoms with Crippen LogP contribution in [0.3, 0.4) is 0 Å². The Morgan fingerprint density at radius 3 is 2.44 bits per heavy atom. The van der Waals surface area contributed by atoms with Crippen molar-refractivity contribution in [1.82, 2.24) is 19.6 Å². The van der Waals surface area contributed by atoms with Crippen LogP contribution >= 0.6 is 34.8 Å². The summed E-state index contributed by atoms with van der Waals surface area (Å²) in [5.74, 6) is 0. The summed E-state index contributed by atoms with van der Waals surface area (Å²) >= 11 is 18.9. The van der Waals surface area contributed by atoms with E-state index in [4.69, 9.17) is 44.7 Å². The van der Waals surface area contributed by atoms with E-state index in [1.54, 1.807) is 19.1 Å². The van der Waals surface area contributed by atoms with Gasteiger partial charge in [-0.1, -0.05) is 40.9 Å². The summed E-state index contributed by atoms with van der Waals surface area (Å²) in [4.78, 5) is 8.01. The maximum Gasteiger partial charge on any atom is 0.320 e. The number of primary sulfonamides is 1. The standard InChI is InChI=1S/C13H10Cl3N5O3S/c1-5-3-4-6(14)7(9(5)15)8-10(16)18-13(24-2)21-11(8)19-12(20-21)25(17,22)23/h3-4H,1-2H3,(H2,17,22,23). The molecule has 25 heavy (non-hydrogen) atoms. The van der Waals surface area contributed by atoms with E-state index >= 15 is 0 Å². The Labute approximate surface area is 157 Å². The molecule has 8 nitrogen and oxygen atoms in total. The molecular weight excluding hydrogens is 413 g/mol. The first kappa shape index (κ1) is 18.2. The van der Waals surface area contributed by atoms with Crippen molar-refractivity contribution in [2.75, 3.05) is 7.11 Å². The topological polar surface area (TPSA) is 112 Å². The second-order valence-electron chi connectivity index (χ2n) is 4.99. The first-order valence-electron chi connectivity index (χ1n) is 6.63. The molecule has 2 heterocycles. The number of hydrogen-bond acceptors (Lipinski definition) is 6. The van der Waals surface area contributed by atoms with Crippen LogP contribution < -0.4 is 9.88 Å². The van der Waals surface area contributed by atoms with Crippen molar-refractivity contribution in [1.29, 1.82) is 0 Å². The molecule has 0 amide bonds. The molecule has 0 spiro atoms. The third-order valence-electron chi connectivity index (χ3n) is 3.36. The molecule has 1 aromatic carbocycles. The average molecular weight is 423 g/mol. The highest BCUT2D eigenvalue weighted by atomic mass is 35.5. The van der Waals surface area contributed by atoms with Crippen LogP contribution in [0.1, 0.15) is 5.56 Å². The zero-order chi connectivity index (χ0) is 18.5. The molecular formula is C13H10Cl3N5O3S. The van der Waals surface area contributed by atoms with Crippen LogP contribution in [-0.4, -0.2) is 35.1 Å². The first-order chi connectivity index (χ1) is 11.6. The van der Waals surface area contributed by atoms with E-state index in [0.717, 1.165) is 10.1 Å². The van der Waals surface area contributed by atoms with E-state index < -0.39 is 15.2 Å². The van der Waals surface area contributed by atoms with Crippen LogP contribution in [0.5, 0.6) is 6.01 Å². The van der Waals surface area contributed by atoms with Crippen molar-refractivity contribution in [3.8, 4) is 17.1 Å². The average Bonchev–Trinajstić information content (AvgIpc) is 2.98. The van der Waals surface area contributed by atoms with Crippen molar-refractivity contribution >= 4 is 50.5 Å². The number of halogens is 3. The Morgan fingerprint density at radius 1 is 1.16 bits per heavy atom. The van der Waals surface area contributed by atoms with Crippen LogP contribution in [0.2, 0.25) is 15.2 Å². The molecule has 0 atom stereocenters. The van der Waals surface area contributed by atoms with Crippen LogP contribution in [0.4, 0.5) is 0 Å². The number of hydrogen-bond donors (Lipinski definition) is 1. The Kier molecular flexibility index (Phi) is 4.54. The molecule has 0 fully saturated rings. The molecule has 0 bridgehead atoms. The van der Waals surface area contributed by atoms with Gasteiger partial charge in [0.1, 0.15) is 5.15 Å². The number of fused-ring (bicyclic) bond motifs is 1. The van der Waals surface area contributed by atoms with Gasteiger partial charge in [-0.15, -0.1) is 5.10 Å². The lowest BCUT2D eigenvalue weighted by Crippen LogP contribution is -2.14. The second kappa shape index (κ2) is 6.26. The monoisotopic (exact) mass is 421 g/mol. The number of aromatic nitrogens is 4. The molecule has 3 aromatic rings. The highest BCUT2D eigenvalue weighted by Gasteiger charge is 2.26. The maximum absolute atomic E-state index is 11.6. The van der Waals surface area contributed by atoms with Gasteiger partial charge in [0.25, 0.3) is 15.2 Å². The SMILES string of the molecule is COc1nc(Cl)c(-c2c(Cl)ccc(C)c2Cl)c2nc(S(N)(=O)=O)nn12. The van der Waals surface area contributed by atoms with Gasteiger partial charge in [0.2, 0.25) is 0 Å². The zero-order valence-electron chi connectivity index (χ0n) is 12.8. The van der Waals surface area contributed by atoms with E-state index in [0.29, 0.717) is 10.6 Å². The van der Waals surface area contributed by atoms with E-state index in [2.05, 4.69) is 15.1 Å². The van der Waals surface area contributed by atoms with Gasteiger partial charge in [0, 0.05) is 5.56 Å². The van der Waals surface area contributed by atoms with E-state index in [1.165, 1.54) is 7.11 Å². The minimum atomic E-state index is -4.17. The third-order valence-corrected chi connectivity index (χ3v) is 5.12. The van der Waals surface area contributed by atoms with Crippen LogP contribution in [0.15, 0.2) is 17.3 Å². The lowest BCUT2D eigenvalue weighted by Gasteiger charge is -2.12. The van der Waals surface area contributed by atoms with Crippen molar-refractivity contribution in [2.45, 2.75) is 12.1 Å². The van der Waals surface area contributed by atoms with Crippen LogP contribution in [0, 0.1) is 6.92 Å². The number of aryl methyl sites for hydroxylation is 1. The summed E-state index contributed by atoms with van der Waals surface area (Å²) in [6, 6.07) is 3.29. The van der Waals surface area contributed by atoms with Gasteiger partial charge in [-0.05, 0) is 18.6 Å². The van der Waals surface area contributed by atoms with Crippen molar-refractivity contribution in [2.24, 2.45) is 5.14 Å². The molecule has 2 aromatic heterocycles. The Hall–Kier alpha value is -1.65. The molecule has 3 rings (SSSR count). The minimum absolute atomic E-state index is 0.0351. The minimum Gasteiger partial charge on any atom is -0.467 e. The van der Waals surface area contributed by atoms with E-state index in [9.17, 15) is 8.42 Å². The number of benzene rings is 1. The molecule has 0 unspecified atom stereocenters. The molecule has 0 saturated carbocycles. The van der Waals surface area contributed by atoms with Gasteiger partial charge in [0.05, 0.1) is 22.7 Å². The van der Waals surface area contributed by atoms with Crippen molar-refractivity contribution in [3.63, 3.8) is 0 Å². The normalized spacial score (nSPS) is 11.9. The van der Waals surface area contributed by atoms with Gasteiger partial charge >= 0.3 is 6.01 Å². The molecule has 12 heteroatoms. The van der Waals surface area contributed by atoms with Gasteiger partial charge in [-0.2, -0.15) is 14.5 Å². The summed E-state index contributed by atoms with van der Waals surface area (Å²) in [7, 11) is -2.84. The molecule has 2 N–H and O–H groups in total. The number of nitrogens with zero attached hydrogens (tertiary/aromatic N) is 4. The number of sulfonamides is 1. The summed E-state index contributed by atoms with van der Waals surface area (Å²) in [5, 5.41) is 8.89. The quantitative estimate of drug-likeness (QED) is 0.649. The molecule has 0 saturated heterocycles. The molecule has 0 aliphatic heterocycles. The summed E-state index contributed by atoms with van der Waals surface area (Å²) < 4.78 is 29.4. The van der Waals surface area contributed by atoms with Crippen molar-refractivity contribution in [3.05, 3.63) is 32.9 Å². The molecule has 132 valence electrons. The second-order valence-corrected chi connectivity index (χ2v) is 7.59. The van der Waals surface area contributed by atoms with Gasteiger partial charge < -0.3 is 4.74 Å². The zero-order valence-corrected chi connectivity index (χ0v) is 15.9. The number of ether oxygens (including phenoxy) is 1.